The van der Waals surface area contributed by atoms with Crippen LogP contribution in [0.1, 0.15) is 11.9 Å². The number of hydrogen-bond donors (Lipinski definition) is 0. The lowest BCUT2D eigenvalue weighted by Gasteiger charge is -2.36. The van der Waals surface area contributed by atoms with Crippen LogP contribution in [0.5, 0.6) is 0 Å². The summed E-state index contributed by atoms with van der Waals surface area (Å²) in [6.07, 6.45) is 1.67. The molecule has 1 aromatic carbocycles. The molecule has 1 aromatic heterocycles. The van der Waals surface area contributed by atoms with Crippen LogP contribution in [-0.4, -0.2) is 54.2 Å². The molecule has 0 atom stereocenters. The quantitative estimate of drug-likeness (QED) is 0.554. The summed E-state index contributed by atoms with van der Waals surface area (Å²) in [7, 11) is 0. The van der Waals surface area contributed by atoms with Crippen molar-refractivity contribution in [3.63, 3.8) is 0 Å². The molecule has 25 heavy (non-hydrogen) atoms. The lowest BCUT2D eigenvalue weighted by molar-refractivity contribution is 0.138. The molecule has 1 fully saturated rings. The van der Waals surface area contributed by atoms with Gasteiger partial charge in [0.1, 0.15) is 24.0 Å². The average Bonchev–Trinajstić information content (AvgIpc) is 3.05. The number of rotatable bonds is 7. The number of nitrogens with zero attached hydrogens (tertiary/aromatic N) is 3. The Labute approximate surface area is 152 Å². The van der Waals surface area contributed by atoms with E-state index in [9.17, 15) is 4.39 Å². The van der Waals surface area contributed by atoms with Crippen LogP contribution in [0.2, 0.25) is 0 Å². The van der Waals surface area contributed by atoms with E-state index in [1.807, 2.05) is 13.0 Å². The van der Waals surface area contributed by atoms with Gasteiger partial charge < -0.3 is 9.64 Å². The predicted octanol–water partition coefficient (Wildman–Crippen LogP) is 3.82. The Kier molecular flexibility index (Phi) is 6.04. The van der Waals surface area contributed by atoms with E-state index < -0.39 is 6.67 Å². The van der Waals surface area contributed by atoms with E-state index in [0.717, 1.165) is 43.9 Å². The number of fused-ring (bicyclic) bond motifs is 1. The standard InChI is InChI=1S/C19H24FN3OS/c1-3-17(24-13-8-20)15(2)23-11-9-22(10-12-23)14-19-21-16-6-4-5-7-18(16)25-19/h3-7H,1,8-14H2,2H3. The van der Waals surface area contributed by atoms with Gasteiger partial charge in [-0.1, -0.05) is 18.7 Å². The normalized spacial score (nSPS) is 16.8. The van der Waals surface area contributed by atoms with Gasteiger partial charge in [0.05, 0.1) is 22.5 Å². The maximum atomic E-state index is 12.3. The minimum Gasteiger partial charge on any atom is -0.489 e. The summed E-state index contributed by atoms with van der Waals surface area (Å²) >= 11 is 1.77. The number of alkyl halides is 1. The van der Waals surface area contributed by atoms with Crippen LogP contribution < -0.4 is 0 Å². The molecule has 4 nitrogen and oxygen atoms in total. The highest BCUT2D eigenvalue weighted by Crippen LogP contribution is 2.23. The van der Waals surface area contributed by atoms with E-state index in [4.69, 9.17) is 9.72 Å². The highest BCUT2D eigenvalue weighted by atomic mass is 32.1. The van der Waals surface area contributed by atoms with Crippen molar-refractivity contribution >= 4 is 21.6 Å². The van der Waals surface area contributed by atoms with Gasteiger partial charge in [0, 0.05) is 26.2 Å². The smallest absolute Gasteiger partial charge is 0.137 e. The summed E-state index contributed by atoms with van der Waals surface area (Å²) < 4.78 is 19.0. The minimum atomic E-state index is -0.486. The number of allylic oxidation sites excluding steroid dienone is 2. The van der Waals surface area contributed by atoms with Crippen molar-refractivity contribution in [1.82, 2.24) is 14.8 Å². The first-order chi connectivity index (χ1) is 12.2. The lowest BCUT2D eigenvalue weighted by atomic mass is 10.2. The van der Waals surface area contributed by atoms with Gasteiger partial charge in [-0.15, -0.1) is 11.3 Å². The minimum absolute atomic E-state index is 0.0796. The molecule has 0 amide bonds. The number of piperazine rings is 1. The van der Waals surface area contributed by atoms with Crippen LogP contribution >= 0.6 is 11.3 Å². The van der Waals surface area contributed by atoms with E-state index in [2.05, 4.69) is 34.6 Å². The average molecular weight is 361 g/mol. The molecule has 0 aliphatic carbocycles. The fourth-order valence-electron chi connectivity index (χ4n) is 3.04. The summed E-state index contributed by atoms with van der Waals surface area (Å²) in [6, 6.07) is 8.27. The predicted molar refractivity (Wildman–Crippen MR) is 101 cm³/mol. The zero-order valence-corrected chi connectivity index (χ0v) is 15.4. The van der Waals surface area contributed by atoms with Gasteiger partial charge in [0.25, 0.3) is 0 Å². The molecular formula is C19H24FN3OS. The second kappa shape index (κ2) is 8.45. The topological polar surface area (TPSA) is 28.6 Å². The van der Waals surface area contributed by atoms with Crippen LogP contribution in [0.3, 0.4) is 0 Å². The monoisotopic (exact) mass is 361 g/mol. The van der Waals surface area contributed by atoms with Gasteiger partial charge in [0.2, 0.25) is 0 Å². The zero-order valence-electron chi connectivity index (χ0n) is 14.6. The number of thiazole rings is 1. The molecule has 2 heterocycles. The van der Waals surface area contributed by atoms with Crippen molar-refractivity contribution in [2.75, 3.05) is 39.5 Å². The number of aromatic nitrogens is 1. The first-order valence-corrected chi connectivity index (χ1v) is 9.36. The molecule has 0 saturated carbocycles. The van der Waals surface area contributed by atoms with E-state index >= 15 is 0 Å². The fraction of sp³-hybridized carbons (Fsp3) is 0.421. The molecule has 1 aliphatic heterocycles. The van der Waals surface area contributed by atoms with Crippen molar-refractivity contribution in [2.24, 2.45) is 0 Å². The highest BCUT2D eigenvalue weighted by Gasteiger charge is 2.20. The van der Waals surface area contributed by atoms with Crippen molar-refractivity contribution < 1.29 is 9.13 Å². The molecule has 1 aliphatic rings. The molecule has 0 N–H and O–H groups in total. The van der Waals surface area contributed by atoms with Crippen LogP contribution in [0, 0.1) is 0 Å². The molecule has 134 valence electrons. The third kappa shape index (κ3) is 4.38. The Morgan fingerprint density at radius 1 is 1.32 bits per heavy atom. The third-order valence-corrected chi connectivity index (χ3v) is 5.44. The molecule has 0 bridgehead atoms. The third-order valence-electron chi connectivity index (χ3n) is 4.42. The first-order valence-electron chi connectivity index (χ1n) is 8.55. The molecular weight excluding hydrogens is 337 g/mol. The molecule has 0 unspecified atom stereocenters. The van der Waals surface area contributed by atoms with E-state index in [1.165, 1.54) is 9.71 Å². The number of para-hydroxylation sites is 1. The summed E-state index contributed by atoms with van der Waals surface area (Å²) in [5.41, 5.74) is 2.11. The molecule has 6 heteroatoms. The van der Waals surface area contributed by atoms with Crippen molar-refractivity contribution in [1.29, 1.82) is 0 Å². The van der Waals surface area contributed by atoms with E-state index in [0.29, 0.717) is 5.76 Å². The number of ether oxygens (including phenoxy) is 1. The van der Waals surface area contributed by atoms with E-state index in [1.54, 1.807) is 17.4 Å². The maximum absolute atomic E-state index is 12.3. The summed E-state index contributed by atoms with van der Waals surface area (Å²) in [5.74, 6) is 0.678. The number of benzene rings is 1. The second-order valence-corrected chi connectivity index (χ2v) is 7.14. The van der Waals surface area contributed by atoms with E-state index in [-0.39, 0.29) is 6.61 Å². The highest BCUT2D eigenvalue weighted by molar-refractivity contribution is 7.18. The maximum Gasteiger partial charge on any atom is 0.137 e. The van der Waals surface area contributed by atoms with Gasteiger partial charge >= 0.3 is 0 Å². The summed E-state index contributed by atoms with van der Waals surface area (Å²) in [5, 5.41) is 1.17. The van der Waals surface area contributed by atoms with Gasteiger partial charge in [0.15, 0.2) is 0 Å². The van der Waals surface area contributed by atoms with Gasteiger partial charge in [-0.25, -0.2) is 9.37 Å². The van der Waals surface area contributed by atoms with Gasteiger partial charge in [-0.2, -0.15) is 0 Å². The first kappa shape index (κ1) is 17.9. The summed E-state index contributed by atoms with van der Waals surface area (Å²) in [4.78, 5) is 9.43. The van der Waals surface area contributed by atoms with Crippen LogP contribution in [-0.2, 0) is 11.3 Å². The Balaban J connectivity index is 1.57. The van der Waals surface area contributed by atoms with Crippen molar-refractivity contribution in [3.05, 3.63) is 53.4 Å². The molecule has 3 rings (SSSR count). The van der Waals surface area contributed by atoms with Crippen molar-refractivity contribution in [2.45, 2.75) is 13.5 Å². The Hall–Kier alpha value is -1.92. The van der Waals surface area contributed by atoms with Crippen LogP contribution in [0.4, 0.5) is 4.39 Å². The lowest BCUT2D eigenvalue weighted by Crippen LogP contribution is -2.45. The molecule has 0 radical (unpaired) electrons. The Morgan fingerprint density at radius 2 is 2.08 bits per heavy atom. The summed E-state index contributed by atoms with van der Waals surface area (Å²) in [6.45, 7) is 10.1. The largest absolute Gasteiger partial charge is 0.489 e. The van der Waals surface area contributed by atoms with Crippen molar-refractivity contribution in [3.8, 4) is 0 Å². The van der Waals surface area contributed by atoms with Gasteiger partial charge in [-0.05, 0) is 25.1 Å². The van der Waals surface area contributed by atoms with Gasteiger partial charge in [-0.3, -0.25) is 4.90 Å². The SMILES string of the molecule is C=CC(OCCF)=C(C)N1CCN(Cc2nc3ccccc3s2)CC1. The van der Waals surface area contributed by atoms with Crippen LogP contribution in [0.25, 0.3) is 10.2 Å². The Bertz CT molecular complexity index is 717. The molecule has 0 spiro atoms. The molecule has 1 saturated heterocycles. The molecule has 2 aromatic rings. The number of halogens is 1. The van der Waals surface area contributed by atoms with Crippen LogP contribution in [0.15, 0.2) is 48.4 Å². The second-order valence-electron chi connectivity index (χ2n) is 6.03. The fourth-order valence-corrected chi connectivity index (χ4v) is 4.05. The zero-order chi connectivity index (χ0) is 17.6. The number of hydrogen-bond acceptors (Lipinski definition) is 5. The Morgan fingerprint density at radius 3 is 2.76 bits per heavy atom.